The van der Waals surface area contributed by atoms with Crippen molar-refractivity contribution >= 4 is 53.7 Å². The van der Waals surface area contributed by atoms with E-state index in [-0.39, 0.29) is 48.6 Å². The molecular weight excluding hydrogens is 728 g/mol. The molecule has 0 saturated heterocycles. The molecule has 2 aliphatic rings. The van der Waals surface area contributed by atoms with Crippen LogP contribution in [0.3, 0.4) is 0 Å². The Morgan fingerprint density at radius 3 is 2.25 bits per heavy atom. The maximum Gasteiger partial charge on any atom is 0.273 e. The summed E-state index contributed by atoms with van der Waals surface area (Å²) in [4.78, 5) is 36.5. The lowest BCUT2D eigenvalue weighted by Crippen LogP contribution is -2.67. The van der Waals surface area contributed by atoms with Crippen LogP contribution >= 0.6 is 23.2 Å². The van der Waals surface area contributed by atoms with Crippen molar-refractivity contribution in [3.8, 4) is 0 Å². The standard InChI is InChI=1S/C41H42Cl2FN5O3Si/c1-26-20-37-33(24-47(26)39(50)28-16-17-34(42)35(43)21-28)38-40(51)48(27(2)36-22-29(44)18-19-45-36)23-30(49(38)46-37)25-52-53(41(3,4)5,31-12-8-6-9-13-31)32-14-10-7-11-15-32/h6-19,21-22,26-27,30H,20,23-25H2,1-5H3/t26-,27?,30+/m1/s1. The Labute approximate surface area is 320 Å². The molecule has 3 aromatic carbocycles. The number of pyridine rings is 1. The zero-order valence-corrected chi connectivity index (χ0v) is 32.9. The summed E-state index contributed by atoms with van der Waals surface area (Å²) in [5.74, 6) is -0.896. The van der Waals surface area contributed by atoms with E-state index in [2.05, 4.69) is 74.3 Å². The van der Waals surface area contributed by atoms with Crippen molar-refractivity contribution < 1.29 is 18.4 Å². The number of benzene rings is 3. The number of carbonyl (C=O) groups excluding carboxylic acids is 2. The Balaban J connectivity index is 1.32. The first-order valence-electron chi connectivity index (χ1n) is 17.8. The molecule has 0 saturated carbocycles. The van der Waals surface area contributed by atoms with E-state index in [1.54, 1.807) is 28.0 Å². The van der Waals surface area contributed by atoms with Gasteiger partial charge in [-0.05, 0) is 59.6 Å². The quantitative estimate of drug-likeness (QED) is 0.152. The van der Waals surface area contributed by atoms with E-state index in [4.69, 9.17) is 32.7 Å². The predicted octanol–water partition coefficient (Wildman–Crippen LogP) is 7.65. The summed E-state index contributed by atoms with van der Waals surface area (Å²) in [6.45, 7) is 11.2. The molecule has 5 aromatic rings. The number of aromatic nitrogens is 3. The molecule has 0 radical (unpaired) electrons. The Morgan fingerprint density at radius 1 is 0.981 bits per heavy atom. The number of fused-ring (bicyclic) bond motifs is 3. The van der Waals surface area contributed by atoms with E-state index < -0.39 is 20.2 Å². The van der Waals surface area contributed by atoms with Gasteiger partial charge in [-0.2, -0.15) is 5.10 Å². The first-order chi connectivity index (χ1) is 25.3. The Morgan fingerprint density at radius 2 is 1.64 bits per heavy atom. The summed E-state index contributed by atoms with van der Waals surface area (Å²) in [5.41, 5.74) is 2.72. The van der Waals surface area contributed by atoms with Crippen LogP contribution in [0.1, 0.15) is 84.5 Å². The van der Waals surface area contributed by atoms with Crippen molar-refractivity contribution in [2.24, 2.45) is 0 Å². The molecule has 0 fully saturated rings. The molecule has 0 aliphatic carbocycles. The van der Waals surface area contributed by atoms with Crippen LogP contribution in [-0.4, -0.2) is 63.9 Å². The SMILES string of the molecule is CC(c1cc(F)ccn1)N1C[C@@H](CO[Si](c2ccccc2)(c2ccccc2)C(C)(C)C)n2nc3c(c2C1=O)CN(C(=O)c1ccc(Cl)c(Cl)c1)[C@H](C)C3. The molecule has 2 aromatic heterocycles. The van der Waals surface area contributed by atoms with Crippen molar-refractivity contribution in [1.82, 2.24) is 24.6 Å². The highest BCUT2D eigenvalue weighted by Crippen LogP contribution is 2.40. The smallest absolute Gasteiger partial charge is 0.273 e. The topological polar surface area (TPSA) is 80.6 Å². The number of halogens is 3. The molecular formula is C41H42Cl2FN5O3Si. The summed E-state index contributed by atoms with van der Waals surface area (Å²) in [7, 11) is -2.97. The minimum atomic E-state index is -2.97. The van der Waals surface area contributed by atoms with Crippen molar-refractivity contribution in [2.45, 2.75) is 70.7 Å². The van der Waals surface area contributed by atoms with Gasteiger partial charge in [-0.25, -0.2) is 4.39 Å². The van der Waals surface area contributed by atoms with Gasteiger partial charge in [0.25, 0.3) is 20.1 Å². The zero-order chi connectivity index (χ0) is 37.7. The second-order valence-corrected chi connectivity index (χ2v) is 20.1. The van der Waals surface area contributed by atoms with Gasteiger partial charge in [-0.1, -0.05) is 105 Å². The average Bonchev–Trinajstić information content (AvgIpc) is 3.52. The summed E-state index contributed by atoms with van der Waals surface area (Å²) in [5, 5.41) is 7.78. The van der Waals surface area contributed by atoms with Gasteiger partial charge in [0.15, 0.2) is 0 Å². The van der Waals surface area contributed by atoms with E-state index in [0.717, 1.165) is 16.1 Å². The molecule has 274 valence electrons. The fraction of sp³-hybridized carbons (Fsp3) is 0.317. The maximum atomic E-state index is 14.7. The summed E-state index contributed by atoms with van der Waals surface area (Å²) < 4.78 is 23.7. The van der Waals surface area contributed by atoms with Gasteiger partial charge in [0.05, 0.1) is 46.7 Å². The highest BCUT2D eigenvalue weighted by Gasteiger charge is 2.51. The fourth-order valence-corrected chi connectivity index (χ4v) is 12.8. The first-order valence-corrected chi connectivity index (χ1v) is 20.5. The van der Waals surface area contributed by atoms with Crippen LogP contribution in [0.4, 0.5) is 4.39 Å². The second kappa shape index (κ2) is 14.5. The molecule has 0 bridgehead atoms. The van der Waals surface area contributed by atoms with Crippen LogP contribution < -0.4 is 10.4 Å². The number of carbonyl (C=O) groups is 2. The molecule has 7 rings (SSSR count). The monoisotopic (exact) mass is 769 g/mol. The molecule has 12 heteroatoms. The minimum Gasteiger partial charge on any atom is -0.405 e. The van der Waals surface area contributed by atoms with Crippen molar-refractivity contribution in [2.75, 3.05) is 13.2 Å². The number of rotatable bonds is 8. The number of amides is 2. The molecule has 3 atom stereocenters. The van der Waals surface area contributed by atoms with Crippen LogP contribution in [0.5, 0.6) is 0 Å². The number of hydrogen-bond acceptors (Lipinski definition) is 5. The molecule has 4 heterocycles. The lowest BCUT2D eigenvalue weighted by molar-refractivity contribution is 0.0516. The molecule has 53 heavy (non-hydrogen) atoms. The van der Waals surface area contributed by atoms with Gasteiger partial charge in [0.1, 0.15) is 11.5 Å². The second-order valence-electron chi connectivity index (χ2n) is 15.0. The van der Waals surface area contributed by atoms with Crippen LogP contribution in [-0.2, 0) is 17.4 Å². The molecule has 2 aliphatic heterocycles. The molecule has 8 nitrogen and oxygen atoms in total. The van der Waals surface area contributed by atoms with Gasteiger partial charge < -0.3 is 14.2 Å². The van der Waals surface area contributed by atoms with Crippen LogP contribution in [0.2, 0.25) is 15.1 Å². The van der Waals surface area contributed by atoms with Crippen molar-refractivity contribution in [3.63, 3.8) is 0 Å². The largest absolute Gasteiger partial charge is 0.405 e. The number of hydrogen-bond donors (Lipinski definition) is 0. The maximum absolute atomic E-state index is 14.7. The van der Waals surface area contributed by atoms with Crippen molar-refractivity contribution in [1.29, 1.82) is 0 Å². The highest BCUT2D eigenvalue weighted by atomic mass is 35.5. The van der Waals surface area contributed by atoms with Crippen LogP contribution in [0.15, 0.2) is 97.2 Å². The Hall–Kier alpha value is -4.35. The predicted molar refractivity (Wildman–Crippen MR) is 208 cm³/mol. The van der Waals surface area contributed by atoms with E-state index in [9.17, 15) is 14.0 Å². The normalized spacial score (nSPS) is 18.1. The third-order valence-electron chi connectivity index (χ3n) is 10.6. The van der Waals surface area contributed by atoms with E-state index in [1.807, 2.05) is 30.7 Å². The summed E-state index contributed by atoms with van der Waals surface area (Å²) in [6.07, 6.45) is 1.87. The zero-order valence-electron chi connectivity index (χ0n) is 30.4. The van der Waals surface area contributed by atoms with Gasteiger partial charge in [-0.3, -0.25) is 19.3 Å². The molecule has 1 unspecified atom stereocenters. The van der Waals surface area contributed by atoms with E-state index in [1.165, 1.54) is 18.3 Å². The fourth-order valence-electron chi connectivity index (χ4n) is 7.89. The lowest BCUT2D eigenvalue weighted by atomic mass is 9.97. The van der Waals surface area contributed by atoms with Gasteiger partial charge >= 0.3 is 0 Å². The summed E-state index contributed by atoms with van der Waals surface area (Å²) >= 11 is 12.5. The van der Waals surface area contributed by atoms with Crippen LogP contribution in [0.25, 0.3) is 0 Å². The van der Waals surface area contributed by atoms with Crippen LogP contribution in [0, 0.1) is 5.82 Å². The lowest BCUT2D eigenvalue weighted by Gasteiger charge is -2.45. The minimum absolute atomic E-state index is 0.180. The van der Waals surface area contributed by atoms with Gasteiger partial charge in [0, 0.05) is 36.3 Å². The van der Waals surface area contributed by atoms with E-state index in [0.29, 0.717) is 39.0 Å². The van der Waals surface area contributed by atoms with E-state index >= 15 is 0 Å². The van der Waals surface area contributed by atoms with Crippen molar-refractivity contribution in [3.05, 3.63) is 141 Å². The first kappa shape index (κ1) is 37.0. The Kier molecular flexibility index (Phi) is 10.1. The third-order valence-corrected chi connectivity index (χ3v) is 16.4. The van der Waals surface area contributed by atoms with Gasteiger partial charge in [-0.15, -0.1) is 0 Å². The molecule has 2 amide bonds. The molecule has 0 spiro atoms. The third kappa shape index (κ3) is 6.71. The molecule has 0 N–H and O–H groups in total. The van der Waals surface area contributed by atoms with Gasteiger partial charge in [0.2, 0.25) is 0 Å². The summed E-state index contributed by atoms with van der Waals surface area (Å²) in [6, 6.07) is 27.2. The highest BCUT2D eigenvalue weighted by molar-refractivity contribution is 6.99. The number of nitrogens with zero attached hydrogens (tertiary/aromatic N) is 5. The Bertz CT molecular complexity index is 2120. The average molecular weight is 771 g/mol.